The van der Waals surface area contributed by atoms with E-state index in [9.17, 15) is 14.0 Å². The number of aromatic nitrogens is 2. The van der Waals surface area contributed by atoms with Crippen LogP contribution in [0, 0.1) is 5.82 Å². The van der Waals surface area contributed by atoms with Gasteiger partial charge in [-0.2, -0.15) is 0 Å². The van der Waals surface area contributed by atoms with Crippen LogP contribution < -0.4 is 11.1 Å². The molecule has 10 heteroatoms. The molecule has 7 nitrogen and oxygen atoms in total. The molecule has 1 unspecified atom stereocenters. The summed E-state index contributed by atoms with van der Waals surface area (Å²) < 4.78 is 15.7. The number of fused-ring (bicyclic) bond motifs is 1. The number of carbonyl (C=O) groups is 2. The van der Waals surface area contributed by atoms with Crippen molar-refractivity contribution in [1.29, 1.82) is 0 Å². The number of nitrogens with two attached hydrogens (primary N) is 1. The molecule has 3 aromatic rings. The predicted molar refractivity (Wildman–Crippen MR) is 126 cm³/mol. The van der Waals surface area contributed by atoms with E-state index in [1.165, 1.54) is 29.1 Å². The van der Waals surface area contributed by atoms with Crippen molar-refractivity contribution in [2.24, 2.45) is 5.73 Å². The van der Waals surface area contributed by atoms with Gasteiger partial charge in [-0.05, 0) is 49.7 Å². The van der Waals surface area contributed by atoms with Crippen molar-refractivity contribution >= 4 is 46.0 Å². The van der Waals surface area contributed by atoms with Crippen LogP contribution in [0.15, 0.2) is 36.7 Å². The van der Waals surface area contributed by atoms with Crippen molar-refractivity contribution in [2.75, 3.05) is 19.6 Å². The average molecular weight is 492 g/mol. The van der Waals surface area contributed by atoms with Gasteiger partial charge in [0.2, 0.25) is 5.91 Å². The first-order valence-corrected chi connectivity index (χ1v) is 11.5. The molecular weight excluding hydrogens is 468 g/mol. The number of benzene rings is 1. The van der Waals surface area contributed by atoms with Gasteiger partial charge in [0, 0.05) is 18.9 Å². The SMILES string of the molecule is NC(=O)Cn1cc(C(=O)NCC(c2ccc(Cl)c(F)c2)N2CCCCC2)c2c(Cl)ccnc21. The number of rotatable bonds is 7. The van der Waals surface area contributed by atoms with Gasteiger partial charge in [0.1, 0.15) is 18.0 Å². The highest BCUT2D eigenvalue weighted by molar-refractivity contribution is 6.36. The molecular formula is C23H24Cl2FN5O2. The number of nitrogens with zero attached hydrogens (tertiary/aromatic N) is 3. The molecule has 174 valence electrons. The minimum Gasteiger partial charge on any atom is -0.368 e. The van der Waals surface area contributed by atoms with E-state index >= 15 is 0 Å². The van der Waals surface area contributed by atoms with Crippen molar-refractivity contribution < 1.29 is 14.0 Å². The lowest BCUT2D eigenvalue weighted by Gasteiger charge is -2.35. The summed E-state index contributed by atoms with van der Waals surface area (Å²) in [6, 6.07) is 6.12. The molecule has 0 radical (unpaired) electrons. The standard InChI is InChI=1S/C23H24Cl2FN5O2/c24-16-5-4-14(10-18(16)26)19(30-8-2-1-3-9-30)11-29-23(33)15-12-31(13-20(27)32)22-21(15)17(25)6-7-28-22/h4-7,10,12,19H,1-3,8-9,11,13H2,(H2,27,32)(H,29,33). The van der Waals surface area contributed by atoms with Crippen LogP contribution in [0.25, 0.3) is 11.0 Å². The lowest BCUT2D eigenvalue weighted by atomic mass is 10.0. The average Bonchev–Trinajstić information content (AvgIpc) is 3.16. The third-order valence-electron chi connectivity index (χ3n) is 5.89. The van der Waals surface area contributed by atoms with Gasteiger partial charge in [0.25, 0.3) is 5.91 Å². The number of pyridine rings is 1. The van der Waals surface area contributed by atoms with Crippen LogP contribution in [0.3, 0.4) is 0 Å². The van der Waals surface area contributed by atoms with Crippen molar-refractivity contribution in [3.05, 3.63) is 63.6 Å². The monoisotopic (exact) mass is 491 g/mol. The summed E-state index contributed by atoms with van der Waals surface area (Å²) in [6.45, 7) is 1.86. The maximum Gasteiger partial charge on any atom is 0.253 e. The van der Waals surface area contributed by atoms with E-state index in [4.69, 9.17) is 28.9 Å². The summed E-state index contributed by atoms with van der Waals surface area (Å²) >= 11 is 12.2. The fourth-order valence-electron chi connectivity index (χ4n) is 4.33. The van der Waals surface area contributed by atoms with E-state index in [2.05, 4.69) is 15.2 Å². The smallest absolute Gasteiger partial charge is 0.253 e. The number of halogens is 3. The predicted octanol–water partition coefficient (Wildman–Crippen LogP) is 3.92. The molecule has 1 aliphatic rings. The summed E-state index contributed by atoms with van der Waals surface area (Å²) in [6.07, 6.45) is 6.27. The first-order chi connectivity index (χ1) is 15.8. The van der Waals surface area contributed by atoms with E-state index in [-0.39, 0.29) is 30.1 Å². The van der Waals surface area contributed by atoms with Crippen LogP contribution >= 0.6 is 23.2 Å². The Morgan fingerprint density at radius 3 is 2.61 bits per heavy atom. The normalized spacial score (nSPS) is 15.5. The molecule has 33 heavy (non-hydrogen) atoms. The van der Waals surface area contributed by atoms with Gasteiger partial charge in [-0.15, -0.1) is 0 Å². The van der Waals surface area contributed by atoms with Crippen molar-refractivity contribution in [2.45, 2.75) is 31.8 Å². The molecule has 2 aromatic heterocycles. The van der Waals surface area contributed by atoms with Crippen LogP contribution in [0.5, 0.6) is 0 Å². The lowest BCUT2D eigenvalue weighted by molar-refractivity contribution is -0.118. The molecule has 1 fully saturated rings. The summed E-state index contributed by atoms with van der Waals surface area (Å²) in [7, 11) is 0. The summed E-state index contributed by atoms with van der Waals surface area (Å²) in [5, 5.41) is 3.82. The molecule has 1 aromatic carbocycles. The van der Waals surface area contributed by atoms with Crippen molar-refractivity contribution in [1.82, 2.24) is 19.8 Å². The Labute approximate surface area is 200 Å². The van der Waals surface area contributed by atoms with Gasteiger partial charge in [0.15, 0.2) is 0 Å². The van der Waals surface area contributed by atoms with Crippen LogP contribution in [0.2, 0.25) is 10.0 Å². The Morgan fingerprint density at radius 2 is 1.91 bits per heavy atom. The Morgan fingerprint density at radius 1 is 1.15 bits per heavy atom. The van der Waals surface area contributed by atoms with E-state index in [0.717, 1.165) is 37.9 Å². The molecule has 3 N–H and O–H groups in total. The van der Waals surface area contributed by atoms with Crippen LogP contribution in [0.4, 0.5) is 4.39 Å². The molecule has 1 saturated heterocycles. The molecule has 4 rings (SSSR count). The summed E-state index contributed by atoms with van der Waals surface area (Å²) in [5.74, 6) is -1.42. The Bertz CT molecular complexity index is 1190. The number of hydrogen-bond acceptors (Lipinski definition) is 4. The molecule has 0 aliphatic carbocycles. The highest BCUT2D eigenvalue weighted by Gasteiger charge is 2.25. The highest BCUT2D eigenvalue weighted by atomic mass is 35.5. The second-order valence-corrected chi connectivity index (χ2v) is 8.94. The quantitative estimate of drug-likeness (QED) is 0.523. The minimum absolute atomic E-state index is 0.0598. The van der Waals surface area contributed by atoms with Gasteiger partial charge in [-0.3, -0.25) is 14.5 Å². The third-order valence-corrected chi connectivity index (χ3v) is 6.51. The van der Waals surface area contributed by atoms with Crippen LogP contribution in [-0.4, -0.2) is 45.9 Å². The van der Waals surface area contributed by atoms with Gasteiger partial charge < -0.3 is 15.6 Å². The van der Waals surface area contributed by atoms with E-state index in [1.54, 1.807) is 12.1 Å². The van der Waals surface area contributed by atoms with Gasteiger partial charge in [0.05, 0.1) is 27.0 Å². The maximum atomic E-state index is 14.2. The molecule has 0 spiro atoms. The zero-order valence-electron chi connectivity index (χ0n) is 17.9. The maximum absolute atomic E-state index is 14.2. The number of likely N-dealkylation sites (tertiary alicyclic amines) is 1. The van der Waals surface area contributed by atoms with Crippen molar-refractivity contribution in [3.63, 3.8) is 0 Å². The Balaban J connectivity index is 1.61. The van der Waals surface area contributed by atoms with Crippen molar-refractivity contribution in [3.8, 4) is 0 Å². The molecule has 0 bridgehead atoms. The molecule has 2 amide bonds. The van der Waals surface area contributed by atoms with Gasteiger partial charge in [-0.25, -0.2) is 9.37 Å². The number of hydrogen-bond donors (Lipinski definition) is 2. The minimum atomic E-state index is -0.560. The number of piperidine rings is 1. The first kappa shape index (κ1) is 23.5. The van der Waals surface area contributed by atoms with E-state index in [1.807, 2.05) is 0 Å². The third kappa shape index (κ3) is 5.13. The fourth-order valence-corrected chi connectivity index (χ4v) is 4.69. The fraction of sp³-hybridized carbons (Fsp3) is 0.348. The zero-order valence-corrected chi connectivity index (χ0v) is 19.4. The van der Waals surface area contributed by atoms with Crippen LogP contribution in [0.1, 0.15) is 41.2 Å². The zero-order chi connectivity index (χ0) is 23.5. The highest BCUT2D eigenvalue weighted by Crippen LogP contribution is 2.29. The molecule has 1 atom stereocenters. The van der Waals surface area contributed by atoms with E-state index in [0.29, 0.717) is 21.6 Å². The largest absolute Gasteiger partial charge is 0.368 e. The molecule has 1 aliphatic heterocycles. The summed E-state index contributed by atoms with van der Waals surface area (Å²) in [5.41, 5.74) is 6.78. The second-order valence-electron chi connectivity index (χ2n) is 8.12. The first-order valence-electron chi connectivity index (χ1n) is 10.7. The number of amides is 2. The Hall–Kier alpha value is -2.68. The lowest BCUT2D eigenvalue weighted by Crippen LogP contribution is -2.40. The number of primary amides is 1. The molecule has 0 saturated carbocycles. The van der Waals surface area contributed by atoms with Gasteiger partial charge in [-0.1, -0.05) is 35.7 Å². The van der Waals surface area contributed by atoms with Gasteiger partial charge >= 0.3 is 0 Å². The topological polar surface area (TPSA) is 93.2 Å². The van der Waals surface area contributed by atoms with Crippen LogP contribution in [-0.2, 0) is 11.3 Å². The number of nitrogens with one attached hydrogen (secondary N) is 1. The summed E-state index contributed by atoms with van der Waals surface area (Å²) in [4.78, 5) is 31.2. The number of carbonyl (C=O) groups excluding carboxylic acids is 2. The molecule has 3 heterocycles. The van der Waals surface area contributed by atoms with E-state index < -0.39 is 11.7 Å². The second kappa shape index (κ2) is 10.1. The Kier molecular flexibility index (Phi) is 7.17.